The van der Waals surface area contributed by atoms with E-state index < -0.39 is 0 Å². The molecule has 0 heterocycles. The van der Waals surface area contributed by atoms with Crippen LogP contribution in [0.1, 0.15) is 26.2 Å². The molecule has 4 heteroatoms. The second kappa shape index (κ2) is 7.34. The quantitative estimate of drug-likeness (QED) is 0.297. The summed E-state index contributed by atoms with van der Waals surface area (Å²) in [5.41, 5.74) is 0.701. The molecule has 0 bridgehead atoms. The largest absolute Gasteiger partial charge is 0.466 e. The minimum Gasteiger partial charge on any atom is -0.466 e. The van der Waals surface area contributed by atoms with Gasteiger partial charge >= 0.3 is 5.97 Å². The molecule has 0 spiro atoms. The molecule has 0 aliphatic rings. The molecule has 0 saturated carbocycles. The molecule has 13 heavy (non-hydrogen) atoms. The Kier molecular flexibility index (Phi) is 6.59. The fraction of sp³-hybridized carbons (Fsp3) is 0.556. The highest BCUT2D eigenvalue weighted by atomic mass is 16.5. The van der Waals surface area contributed by atoms with Gasteiger partial charge in [0.25, 0.3) is 0 Å². The highest BCUT2D eigenvalue weighted by Crippen LogP contribution is 2.03. The van der Waals surface area contributed by atoms with Crippen molar-refractivity contribution in [2.75, 3.05) is 6.61 Å². The Bertz CT molecular complexity index is 199. The smallest absolute Gasteiger partial charge is 0.305 e. The number of allylic oxidation sites excluding steroid dienone is 1. The monoisotopic (exact) mass is 185 g/mol. The standard InChI is InChI=1S/C9H15NO3/c1-3-13-9(11)6-4-5-8(2)7-10-12/h7,12H,2-6H2,1H3. The molecule has 0 aromatic carbocycles. The van der Waals surface area contributed by atoms with Gasteiger partial charge in [-0.25, -0.2) is 0 Å². The van der Waals surface area contributed by atoms with Gasteiger partial charge in [0.1, 0.15) is 0 Å². The number of nitrogens with zero attached hydrogens (tertiary/aromatic N) is 1. The lowest BCUT2D eigenvalue weighted by Crippen LogP contribution is -2.03. The second-order valence-corrected chi connectivity index (χ2v) is 2.56. The summed E-state index contributed by atoms with van der Waals surface area (Å²) < 4.78 is 4.73. The first-order valence-electron chi connectivity index (χ1n) is 4.21. The molecule has 1 N–H and O–H groups in total. The van der Waals surface area contributed by atoms with E-state index >= 15 is 0 Å². The summed E-state index contributed by atoms with van der Waals surface area (Å²) in [6.45, 7) is 5.81. The van der Waals surface area contributed by atoms with Crippen LogP contribution in [0, 0.1) is 0 Å². The van der Waals surface area contributed by atoms with Gasteiger partial charge in [0.2, 0.25) is 0 Å². The molecule has 0 rings (SSSR count). The highest BCUT2D eigenvalue weighted by Gasteiger charge is 2.00. The van der Waals surface area contributed by atoms with E-state index in [2.05, 4.69) is 11.7 Å². The van der Waals surface area contributed by atoms with Gasteiger partial charge in [-0.05, 0) is 25.3 Å². The maximum Gasteiger partial charge on any atom is 0.305 e. The van der Waals surface area contributed by atoms with E-state index in [1.165, 1.54) is 6.21 Å². The summed E-state index contributed by atoms with van der Waals surface area (Å²) in [5, 5.41) is 11.0. The van der Waals surface area contributed by atoms with Crippen LogP contribution >= 0.6 is 0 Å². The number of ether oxygens (including phenoxy) is 1. The number of oxime groups is 1. The van der Waals surface area contributed by atoms with Crippen molar-refractivity contribution in [3.05, 3.63) is 12.2 Å². The Balaban J connectivity index is 3.44. The predicted octanol–water partition coefficient (Wildman–Crippen LogP) is 1.74. The second-order valence-electron chi connectivity index (χ2n) is 2.56. The number of hydrogen-bond acceptors (Lipinski definition) is 4. The Labute approximate surface area is 77.9 Å². The molecule has 0 radical (unpaired) electrons. The van der Waals surface area contributed by atoms with Crippen molar-refractivity contribution >= 4 is 12.2 Å². The Morgan fingerprint density at radius 1 is 1.62 bits per heavy atom. The maximum absolute atomic E-state index is 10.8. The van der Waals surface area contributed by atoms with Gasteiger partial charge in [0.05, 0.1) is 12.8 Å². The van der Waals surface area contributed by atoms with E-state index in [0.29, 0.717) is 31.4 Å². The lowest BCUT2D eigenvalue weighted by Gasteiger charge is -2.00. The molecule has 0 aliphatic carbocycles. The summed E-state index contributed by atoms with van der Waals surface area (Å²) >= 11 is 0. The number of esters is 1. The summed E-state index contributed by atoms with van der Waals surface area (Å²) in [6, 6.07) is 0. The Hall–Kier alpha value is -1.32. The molecular weight excluding hydrogens is 170 g/mol. The predicted molar refractivity (Wildman–Crippen MR) is 49.9 cm³/mol. The first-order chi connectivity index (χ1) is 6.20. The van der Waals surface area contributed by atoms with Crippen molar-refractivity contribution < 1.29 is 14.7 Å². The van der Waals surface area contributed by atoms with E-state index in [0.717, 1.165) is 0 Å². The average molecular weight is 185 g/mol. The molecule has 0 unspecified atom stereocenters. The zero-order chi connectivity index (χ0) is 10.1. The highest BCUT2D eigenvalue weighted by molar-refractivity contribution is 5.77. The molecule has 0 aromatic rings. The van der Waals surface area contributed by atoms with E-state index in [1.54, 1.807) is 6.92 Å². The van der Waals surface area contributed by atoms with Crippen LogP contribution in [0.25, 0.3) is 0 Å². The molecule has 4 nitrogen and oxygen atoms in total. The van der Waals surface area contributed by atoms with Gasteiger partial charge in [0.15, 0.2) is 0 Å². The third kappa shape index (κ3) is 7.05. The average Bonchev–Trinajstić information content (AvgIpc) is 2.05. The molecule has 0 fully saturated rings. The minimum atomic E-state index is -0.198. The molecule has 0 aliphatic heterocycles. The van der Waals surface area contributed by atoms with Crippen LogP contribution in [-0.2, 0) is 9.53 Å². The lowest BCUT2D eigenvalue weighted by atomic mass is 10.1. The number of hydrogen-bond donors (Lipinski definition) is 1. The van der Waals surface area contributed by atoms with Crippen molar-refractivity contribution in [1.82, 2.24) is 0 Å². The van der Waals surface area contributed by atoms with Crippen LogP contribution in [0.3, 0.4) is 0 Å². The first-order valence-corrected chi connectivity index (χ1v) is 4.21. The van der Waals surface area contributed by atoms with E-state index in [-0.39, 0.29) is 5.97 Å². The van der Waals surface area contributed by atoms with E-state index in [9.17, 15) is 4.79 Å². The minimum absolute atomic E-state index is 0.198. The van der Waals surface area contributed by atoms with Gasteiger partial charge in [0, 0.05) is 6.42 Å². The Morgan fingerprint density at radius 2 is 2.31 bits per heavy atom. The molecule has 0 aromatic heterocycles. The van der Waals surface area contributed by atoms with E-state index in [4.69, 9.17) is 9.94 Å². The number of rotatable bonds is 6. The number of carbonyl (C=O) groups excluding carboxylic acids is 1. The number of carbonyl (C=O) groups is 1. The van der Waals surface area contributed by atoms with Gasteiger partial charge in [-0.3, -0.25) is 4.79 Å². The van der Waals surface area contributed by atoms with Crippen LogP contribution in [0.4, 0.5) is 0 Å². The maximum atomic E-state index is 10.8. The summed E-state index contributed by atoms with van der Waals surface area (Å²) in [4.78, 5) is 10.8. The molecule has 0 amide bonds. The molecule has 0 saturated heterocycles. The topological polar surface area (TPSA) is 58.9 Å². The Morgan fingerprint density at radius 3 is 2.85 bits per heavy atom. The zero-order valence-electron chi connectivity index (χ0n) is 7.82. The van der Waals surface area contributed by atoms with Crippen LogP contribution in [-0.4, -0.2) is 24.0 Å². The van der Waals surface area contributed by atoms with Gasteiger partial charge in [-0.15, -0.1) is 0 Å². The normalized spacial score (nSPS) is 10.2. The van der Waals surface area contributed by atoms with Crippen LogP contribution in [0.2, 0.25) is 0 Å². The van der Waals surface area contributed by atoms with Crippen molar-refractivity contribution in [3.63, 3.8) is 0 Å². The first kappa shape index (κ1) is 11.7. The van der Waals surface area contributed by atoms with Crippen molar-refractivity contribution in [1.29, 1.82) is 0 Å². The molecule has 74 valence electrons. The molecule has 0 atom stereocenters. The van der Waals surface area contributed by atoms with Crippen LogP contribution in [0.5, 0.6) is 0 Å². The van der Waals surface area contributed by atoms with Crippen molar-refractivity contribution in [2.24, 2.45) is 5.16 Å². The molecular formula is C9H15NO3. The summed E-state index contributed by atoms with van der Waals surface area (Å²) in [7, 11) is 0. The van der Waals surface area contributed by atoms with Gasteiger partial charge in [-0.2, -0.15) is 0 Å². The van der Waals surface area contributed by atoms with Crippen LogP contribution < -0.4 is 0 Å². The fourth-order valence-electron chi connectivity index (χ4n) is 0.839. The lowest BCUT2D eigenvalue weighted by molar-refractivity contribution is -0.143. The van der Waals surface area contributed by atoms with Crippen molar-refractivity contribution in [3.8, 4) is 0 Å². The van der Waals surface area contributed by atoms with Gasteiger partial charge in [-0.1, -0.05) is 11.7 Å². The third-order valence-electron chi connectivity index (χ3n) is 1.42. The zero-order valence-corrected chi connectivity index (χ0v) is 7.82. The summed E-state index contributed by atoms with van der Waals surface area (Å²) in [6.07, 6.45) is 2.96. The third-order valence-corrected chi connectivity index (χ3v) is 1.42. The summed E-state index contributed by atoms with van der Waals surface area (Å²) in [5.74, 6) is -0.198. The van der Waals surface area contributed by atoms with Crippen molar-refractivity contribution in [2.45, 2.75) is 26.2 Å². The SMILES string of the molecule is C=C(C=NO)CCCC(=O)OCC. The van der Waals surface area contributed by atoms with E-state index in [1.807, 2.05) is 0 Å². The van der Waals surface area contributed by atoms with Crippen LogP contribution in [0.15, 0.2) is 17.3 Å². The fourth-order valence-corrected chi connectivity index (χ4v) is 0.839. The van der Waals surface area contributed by atoms with Gasteiger partial charge < -0.3 is 9.94 Å².